The molecule has 5 heteroatoms. The lowest BCUT2D eigenvalue weighted by molar-refractivity contribution is 0.202. The van der Waals surface area contributed by atoms with Gasteiger partial charge < -0.3 is 5.11 Å². The fraction of sp³-hybridized carbons (Fsp3) is 0.571. The minimum Gasteiger partial charge on any atom is -0.392 e. The van der Waals surface area contributed by atoms with Crippen LogP contribution in [0.3, 0.4) is 0 Å². The van der Waals surface area contributed by atoms with Crippen molar-refractivity contribution in [3.63, 3.8) is 0 Å². The molecular weight excluding hydrogens is 262 g/mol. The van der Waals surface area contributed by atoms with Crippen molar-refractivity contribution < 1.29 is 13.5 Å². The fourth-order valence-corrected chi connectivity index (χ4v) is 4.30. The molecule has 1 saturated heterocycles. The molecule has 0 spiro atoms. The zero-order valence-corrected chi connectivity index (χ0v) is 12.2. The third-order valence-corrected chi connectivity index (χ3v) is 6.03. The highest BCUT2D eigenvalue weighted by molar-refractivity contribution is 7.89. The molecule has 2 atom stereocenters. The molecule has 0 aromatic heterocycles. The molecule has 106 valence electrons. The van der Waals surface area contributed by atoms with Gasteiger partial charge in [-0.2, -0.15) is 4.31 Å². The molecule has 0 bridgehead atoms. The molecule has 0 aliphatic carbocycles. The number of piperidine rings is 1. The van der Waals surface area contributed by atoms with Gasteiger partial charge in [-0.1, -0.05) is 19.1 Å². The first kappa shape index (κ1) is 14.5. The summed E-state index contributed by atoms with van der Waals surface area (Å²) in [5, 5.41) is 9.00. The van der Waals surface area contributed by atoms with Gasteiger partial charge in [0.05, 0.1) is 11.5 Å². The second kappa shape index (κ2) is 5.61. The Hall–Kier alpha value is -0.910. The number of rotatable bonds is 3. The number of hydrogen-bond donors (Lipinski definition) is 1. The summed E-state index contributed by atoms with van der Waals surface area (Å²) in [6.45, 7) is 4.59. The maximum atomic E-state index is 12.6. The van der Waals surface area contributed by atoms with Crippen molar-refractivity contribution in [1.29, 1.82) is 0 Å². The number of aliphatic hydroxyl groups excluding tert-OH is 1. The van der Waals surface area contributed by atoms with E-state index in [1.165, 1.54) is 0 Å². The molecule has 2 rings (SSSR count). The van der Waals surface area contributed by atoms with E-state index in [1.807, 2.05) is 6.92 Å². The van der Waals surface area contributed by atoms with Crippen LogP contribution in [0.25, 0.3) is 0 Å². The van der Waals surface area contributed by atoms with Crippen molar-refractivity contribution in [2.45, 2.75) is 44.2 Å². The zero-order valence-electron chi connectivity index (χ0n) is 11.4. The zero-order chi connectivity index (χ0) is 14.0. The molecule has 1 heterocycles. The number of benzene rings is 1. The first-order valence-corrected chi connectivity index (χ1v) is 8.12. The Morgan fingerprint density at radius 3 is 2.47 bits per heavy atom. The predicted molar refractivity (Wildman–Crippen MR) is 74.1 cm³/mol. The Labute approximate surface area is 115 Å². The molecule has 1 aliphatic rings. The van der Waals surface area contributed by atoms with E-state index in [0.717, 1.165) is 18.4 Å². The van der Waals surface area contributed by atoms with Crippen LogP contribution in [0.1, 0.15) is 32.3 Å². The minimum atomic E-state index is -3.42. The van der Waals surface area contributed by atoms with Gasteiger partial charge in [-0.25, -0.2) is 8.42 Å². The van der Waals surface area contributed by atoms with Crippen molar-refractivity contribution >= 4 is 10.0 Å². The summed E-state index contributed by atoms with van der Waals surface area (Å²) in [6.07, 6.45) is 2.00. The molecular formula is C14H21NO3S. The van der Waals surface area contributed by atoms with Gasteiger partial charge in [0.25, 0.3) is 0 Å². The summed E-state index contributed by atoms with van der Waals surface area (Å²) in [5.74, 6) is 0.389. The molecule has 19 heavy (non-hydrogen) atoms. The van der Waals surface area contributed by atoms with E-state index in [9.17, 15) is 8.42 Å². The smallest absolute Gasteiger partial charge is 0.243 e. The van der Waals surface area contributed by atoms with Crippen LogP contribution in [0.2, 0.25) is 0 Å². The molecule has 1 aromatic carbocycles. The highest BCUT2D eigenvalue weighted by Gasteiger charge is 2.34. The van der Waals surface area contributed by atoms with Crippen molar-refractivity contribution in [3.05, 3.63) is 29.8 Å². The summed E-state index contributed by atoms with van der Waals surface area (Å²) in [5.41, 5.74) is 0.721. The molecule has 0 radical (unpaired) electrons. The van der Waals surface area contributed by atoms with Gasteiger partial charge in [0.2, 0.25) is 10.0 Å². The standard InChI is InChI=1S/C14H21NO3S/c1-11-4-3-9-15(12(11)2)19(17,18)14-7-5-13(10-16)6-8-14/h5-8,11-12,16H,3-4,9-10H2,1-2H3. The van der Waals surface area contributed by atoms with Crippen molar-refractivity contribution in [2.75, 3.05) is 6.54 Å². The molecule has 2 unspecified atom stereocenters. The number of hydrogen-bond acceptors (Lipinski definition) is 3. The van der Waals surface area contributed by atoms with Crippen LogP contribution in [-0.4, -0.2) is 30.4 Å². The van der Waals surface area contributed by atoms with E-state index >= 15 is 0 Å². The predicted octanol–water partition coefficient (Wildman–Crippen LogP) is 1.99. The normalized spacial score (nSPS) is 25.4. The second-order valence-electron chi connectivity index (χ2n) is 5.28. The monoisotopic (exact) mass is 283 g/mol. The van der Waals surface area contributed by atoms with Crippen molar-refractivity contribution in [1.82, 2.24) is 4.31 Å². The lowest BCUT2D eigenvalue weighted by Crippen LogP contribution is -2.45. The van der Waals surface area contributed by atoms with E-state index in [4.69, 9.17) is 5.11 Å². The SMILES string of the molecule is CC1CCCN(S(=O)(=O)c2ccc(CO)cc2)C1C. The third-order valence-electron chi connectivity index (χ3n) is 4.03. The van der Waals surface area contributed by atoms with Crippen LogP contribution in [0.4, 0.5) is 0 Å². The first-order chi connectivity index (χ1) is 8.96. The fourth-order valence-electron chi connectivity index (χ4n) is 2.54. The third kappa shape index (κ3) is 2.83. The van der Waals surface area contributed by atoms with Crippen LogP contribution in [0.15, 0.2) is 29.2 Å². The quantitative estimate of drug-likeness (QED) is 0.923. The van der Waals surface area contributed by atoms with E-state index in [1.54, 1.807) is 28.6 Å². The van der Waals surface area contributed by atoms with Crippen molar-refractivity contribution in [3.8, 4) is 0 Å². The minimum absolute atomic E-state index is 0.0382. The van der Waals surface area contributed by atoms with Crippen molar-refractivity contribution in [2.24, 2.45) is 5.92 Å². The Kier molecular flexibility index (Phi) is 4.28. The van der Waals surface area contributed by atoms with Gasteiger partial charge in [-0.15, -0.1) is 0 Å². The van der Waals surface area contributed by atoms with Gasteiger partial charge >= 0.3 is 0 Å². The van der Waals surface area contributed by atoms with Gasteiger partial charge in [0.15, 0.2) is 0 Å². The summed E-state index contributed by atoms with van der Waals surface area (Å²) in [4.78, 5) is 0.311. The molecule has 4 nitrogen and oxygen atoms in total. The van der Waals surface area contributed by atoms with E-state index < -0.39 is 10.0 Å². The maximum Gasteiger partial charge on any atom is 0.243 e. The van der Waals surface area contributed by atoms with E-state index in [-0.39, 0.29) is 12.6 Å². The summed E-state index contributed by atoms with van der Waals surface area (Å²) < 4.78 is 26.8. The van der Waals surface area contributed by atoms with Gasteiger partial charge in [-0.3, -0.25) is 0 Å². The second-order valence-corrected chi connectivity index (χ2v) is 7.17. The van der Waals surface area contributed by atoms with Gasteiger partial charge in [0.1, 0.15) is 0 Å². The highest BCUT2D eigenvalue weighted by Crippen LogP contribution is 2.28. The average Bonchev–Trinajstić information content (AvgIpc) is 2.41. The summed E-state index contributed by atoms with van der Waals surface area (Å²) in [7, 11) is -3.42. The Morgan fingerprint density at radius 1 is 1.26 bits per heavy atom. The van der Waals surface area contributed by atoms with Gasteiger partial charge in [-0.05, 0) is 43.4 Å². The first-order valence-electron chi connectivity index (χ1n) is 6.68. The lowest BCUT2D eigenvalue weighted by Gasteiger charge is -2.36. The average molecular weight is 283 g/mol. The maximum absolute atomic E-state index is 12.6. The molecule has 0 amide bonds. The van der Waals surface area contributed by atoms with Crippen LogP contribution in [-0.2, 0) is 16.6 Å². The molecule has 0 saturated carbocycles. The molecule has 1 aliphatic heterocycles. The Morgan fingerprint density at radius 2 is 1.89 bits per heavy atom. The van der Waals surface area contributed by atoms with E-state index in [2.05, 4.69) is 6.92 Å². The van der Waals surface area contributed by atoms with Crippen LogP contribution >= 0.6 is 0 Å². The number of sulfonamides is 1. The summed E-state index contributed by atoms with van der Waals surface area (Å²) >= 11 is 0. The number of aliphatic hydroxyl groups is 1. The Balaban J connectivity index is 2.30. The summed E-state index contributed by atoms with van der Waals surface area (Å²) in [6, 6.07) is 6.51. The van der Waals surface area contributed by atoms with Crippen LogP contribution in [0, 0.1) is 5.92 Å². The Bertz CT molecular complexity index is 524. The topological polar surface area (TPSA) is 57.6 Å². The largest absolute Gasteiger partial charge is 0.392 e. The van der Waals surface area contributed by atoms with Crippen LogP contribution in [0.5, 0.6) is 0 Å². The van der Waals surface area contributed by atoms with Gasteiger partial charge in [0, 0.05) is 12.6 Å². The molecule has 1 N–H and O–H groups in total. The van der Waals surface area contributed by atoms with E-state index in [0.29, 0.717) is 17.4 Å². The lowest BCUT2D eigenvalue weighted by atomic mass is 9.94. The number of nitrogens with zero attached hydrogens (tertiary/aromatic N) is 1. The molecule has 1 aromatic rings. The van der Waals surface area contributed by atoms with Crippen LogP contribution < -0.4 is 0 Å². The highest BCUT2D eigenvalue weighted by atomic mass is 32.2. The molecule has 1 fully saturated rings.